The van der Waals surface area contributed by atoms with Crippen molar-refractivity contribution in [3.8, 4) is 0 Å². The van der Waals surface area contributed by atoms with Crippen LogP contribution < -0.4 is 5.73 Å². The molecule has 1 fully saturated rings. The van der Waals surface area contributed by atoms with Crippen LogP contribution in [0.1, 0.15) is 29.8 Å². The van der Waals surface area contributed by atoms with Crippen molar-refractivity contribution in [1.82, 2.24) is 9.80 Å². The topological polar surface area (TPSA) is 66.6 Å². The molecule has 0 aromatic heterocycles. The molecule has 2 rings (SSSR count). The Kier molecular flexibility index (Phi) is 4.96. The maximum Gasteiger partial charge on any atom is 0.253 e. The first-order valence-corrected chi connectivity index (χ1v) is 7.45. The van der Waals surface area contributed by atoms with Crippen LogP contribution in [0, 0.1) is 0 Å². The molecule has 21 heavy (non-hydrogen) atoms. The molecule has 0 aliphatic carbocycles. The molecule has 5 heteroatoms. The highest BCUT2D eigenvalue weighted by atomic mass is 16.2. The maximum atomic E-state index is 12.4. The van der Waals surface area contributed by atoms with Gasteiger partial charge in [0.2, 0.25) is 5.91 Å². The summed E-state index contributed by atoms with van der Waals surface area (Å²) < 4.78 is 0. The van der Waals surface area contributed by atoms with E-state index in [2.05, 4.69) is 6.92 Å². The number of nitrogens with two attached hydrogens (primary N) is 1. The van der Waals surface area contributed by atoms with Gasteiger partial charge in [-0.3, -0.25) is 9.59 Å². The van der Waals surface area contributed by atoms with Crippen LogP contribution in [-0.4, -0.2) is 53.8 Å². The molecule has 114 valence electrons. The van der Waals surface area contributed by atoms with Crippen LogP contribution in [0.3, 0.4) is 0 Å². The Hall–Kier alpha value is -1.88. The zero-order valence-electron chi connectivity index (χ0n) is 12.7. The third-order valence-corrected chi connectivity index (χ3v) is 3.88. The quantitative estimate of drug-likeness (QED) is 0.898. The lowest BCUT2D eigenvalue weighted by Gasteiger charge is -2.35. The average Bonchev–Trinajstić information content (AvgIpc) is 2.53. The van der Waals surface area contributed by atoms with E-state index in [-0.39, 0.29) is 11.8 Å². The third-order valence-electron chi connectivity index (χ3n) is 3.88. The molecule has 2 amide bonds. The number of carbonyl (C=O) groups is 2. The lowest BCUT2D eigenvalue weighted by Crippen LogP contribution is -2.53. The number of rotatable bonds is 3. The molecule has 0 radical (unpaired) electrons. The molecule has 1 saturated heterocycles. The predicted octanol–water partition coefficient (Wildman–Crippen LogP) is 0.881. The Morgan fingerprint density at radius 3 is 2.10 bits per heavy atom. The highest BCUT2D eigenvalue weighted by Crippen LogP contribution is 2.11. The first-order chi connectivity index (χ1) is 10.0. The van der Waals surface area contributed by atoms with E-state index in [4.69, 9.17) is 5.73 Å². The summed E-state index contributed by atoms with van der Waals surface area (Å²) in [6, 6.07) is 7.25. The monoisotopic (exact) mass is 289 g/mol. The molecule has 0 bridgehead atoms. The van der Waals surface area contributed by atoms with E-state index in [9.17, 15) is 9.59 Å². The van der Waals surface area contributed by atoms with Gasteiger partial charge in [0.1, 0.15) is 0 Å². The Labute approximate surface area is 125 Å². The smallest absolute Gasteiger partial charge is 0.253 e. The van der Waals surface area contributed by atoms with Gasteiger partial charge in [0, 0.05) is 31.7 Å². The lowest BCUT2D eigenvalue weighted by atomic mass is 10.1. The summed E-state index contributed by atoms with van der Waals surface area (Å²) in [5.41, 5.74) is 7.54. The molecule has 1 atom stereocenters. The van der Waals surface area contributed by atoms with Gasteiger partial charge in [-0.2, -0.15) is 0 Å². The summed E-state index contributed by atoms with van der Waals surface area (Å²) >= 11 is 0. The van der Waals surface area contributed by atoms with Gasteiger partial charge in [-0.05, 0) is 31.0 Å². The van der Waals surface area contributed by atoms with Crippen LogP contribution in [-0.2, 0) is 11.2 Å². The highest BCUT2D eigenvalue weighted by molar-refractivity contribution is 5.94. The molecule has 2 N–H and O–H groups in total. The number of benzene rings is 1. The first-order valence-electron chi connectivity index (χ1n) is 7.45. The van der Waals surface area contributed by atoms with Crippen LogP contribution >= 0.6 is 0 Å². The van der Waals surface area contributed by atoms with Gasteiger partial charge in [0.25, 0.3) is 5.91 Å². The van der Waals surface area contributed by atoms with E-state index in [0.29, 0.717) is 31.7 Å². The van der Waals surface area contributed by atoms with E-state index in [0.717, 1.165) is 6.42 Å². The summed E-state index contributed by atoms with van der Waals surface area (Å²) in [5.74, 6) is -0.0139. The van der Waals surface area contributed by atoms with E-state index >= 15 is 0 Å². The Bertz CT molecular complexity index is 503. The number of hydrogen-bond donors (Lipinski definition) is 1. The van der Waals surface area contributed by atoms with Crippen molar-refractivity contribution < 1.29 is 9.59 Å². The minimum absolute atomic E-state index is 0.0329. The zero-order valence-corrected chi connectivity index (χ0v) is 12.7. The van der Waals surface area contributed by atoms with E-state index < -0.39 is 6.04 Å². The van der Waals surface area contributed by atoms with Gasteiger partial charge in [0.05, 0.1) is 6.04 Å². The number of hydrogen-bond acceptors (Lipinski definition) is 3. The molecule has 5 nitrogen and oxygen atoms in total. The molecule has 0 saturated carbocycles. The zero-order chi connectivity index (χ0) is 15.4. The van der Waals surface area contributed by atoms with Crippen molar-refractivity contribution in [1.29, 1.82) is 0 Å². The number of amides is 2. The maximum absolute atomic E-state index is 12.4. The number of nitrogens with zero attached hydrogens (tertiary/aromatic N) is 2. The second-order valence-electron chi connectivity index (χ2n) is 5.46. The second kappa shape index (κ2) is 6.72. The minimum Gasteiger partial charge on any atom is -0.338 e. The largest absolute Gasteiger partial charge is 0.338 e. The highest BCUT2D eigenvalue weighted by Gasteiger charge is 2.25. The summed E-state index contributed by atoms with van der Waals surface area (Å²) in [6.07, 6.45) is 0.965. The normalized spacial score (nSPS) is 16.7. The summed E-state index contributed by atoms with van der Waals surface area (Å²) in [5, 5.41) is 0. The standard InChI is InChI=1S/C16H23N3O2/c1-3-13-4-6-14(7-5-13)16(21)19-10-8-18(9-11-19)15(20)12(2)17/h4-7,12H,3,8-11,17H2,1-2H3. The number of piperazine rings is 1. The van der Waals surface area contributed by atoms with Crippen LogP contribution in [0.2, 0.25) is 0 Å². The van der Waals surface area contributed by atoms with Crippen molar-refractivity contribution >= 4 is 11.8 Å². The van der Waals surface area contributed by atoms with Crippen LogP contribution in [0.15, 0.2) is 24.3 Å². The third kappa shape index (κ3) is 3.61. The molecule has 1 aromatic carbocycles. The second-order valence-corrected chi connectivity index (χ2v) is 5.46. The molecule has 0 spiro atoms. The van der Waals surface area contributed by atoms with E-state index in [1.54, 1.807) is 16.7 Å². The van der Waals surface area contributed by atoms with Crippen molar-refractivity contribution in [2.45, 2.75) is 26.3 Å². The molecule has 1 aliphatic rings. The van der Waals surface area contributed by atoms with Crippen molar-refractivity contribution in [3.05, 3.63) is 35.4 Å². The van der Waals surface area contributed by atoms with Gasteiger partial charge in [-0.15, -0.1) is 0 Å². The fourth-order valence-electron chi connectivity index (χ4n) is 2.48. The van der Waals surface area contributed by atoms with Gasteiger partial charge in [-0.1, -0.05) is 19.1 Å². The first kappa shape index (κ1) is 15.5. The number of carbonyl (C=O) groups excluding carboxylic acids is 2. The van der Waals surface area contributed by atoms with Crippen LogP contribution in [0.25, 0.3) is 0 Å². The van der Waals surface area contributed by atoms with Crippen molar-refractivity contribution in [2.75, 3.05) is 26.2 Å². The molecule has 1 aromatic rings. The van der Waals surface area contributed by atoms with Gasteiger partial charge in [0.15, 0.2) is 0 Å². The Morgan fingerprint density at radius 1 is 1.10 bits per heavy atom. The van der Waals surface area contributed by atoms with Crippen molar-refractivity contribution in [3.63, 3.8) is 0 Å². The Morgan fingerprint density at radius 2 is 1.62 bits per heavy atom. The van der Waals surface area contributed by atoms with Gasteiger partial charge >= 0.3 is 0 Å². The SMILES string of the molecule is CCc1ccc(C(=O)N2CCN(C(=O)C(C)N)CC2)cc1. The molecular formula is C16H23N3O2. The van der Waals surface area contributed by atoms with Crippen molar-refractivity contribution in [2.24, 2.45) is 5.73 Å². The van der Waals surface area contributed by atoms with Crippen LogP contribution in [0.4, 0.5) is 0 Å². The predicted molar refractivity (Wildman–Crippen MR) is 82.0 cm³/mol. The fraction of sp³-hybridized carbons (Fsp3) is 0.500. The van der Waals surface area contributed by atoms with Gasteiger partial charge in [-0.25, -0.2) is 0 Å². The van der Waals surface area contributed by atoms with Crippen LogP contribution in [0.5, 0.6) is 0 Å². The summed E-state index contributed by atoms with van der Waals surface area (Å²) in [7, 11) is 0. The molecule has 1 unspecified atom stereocenters. The average molecular weight is 289 g/mol. The molecular weight excluding hydrogens is 266 g/mol. The minimum atomic E-state index is -0.478. The molecule has 1 heterocycles. The summed E-state index contributed by atoms with van der Waals surface area (Å²) in [6.45, 7) is 6.01. The fourth-order valence-corrected chi connectivity index (χ4v) is 2.48. The Balaban J connectivity index is 1.95. The summed E-state index contributed by atoms with van der Waals surface area (Å²) in [4.78, 5) is 27.7. The molecule has 1 aliphatic heterocycles. The van der Waals surface area contributed by atoms with E-state index in [1.807, 2.05) is 24.3 Å². The lowest BCUT2D eigenvalue weighted by molar-refractivity contribution is -0.133. The van der Waals surface area contributed by atoms with E-state index in [1.165, 1.54) is 5.56 Å². The number of aryl methyl sites for hydroxylation is 1. The van der Waals surface area contributed by atoms with Gasteiger partial charge < -0.3 is 15.5 Å².